The van der Waals surface area contributed by atoms with Crippen molar-refractivity contribution in [2.75, 3.05) is 30.9 Å². The third kappa shape index (κ3) is 5.50. The summed E-state index contributed by atoms with van der Waals surface area (Å²) in [4.78, 5) is 30.4. The van der Waals surface area contributed by atoms with Gasteiger partial charge in [-0.15, -0.1) is 5.10 Å². The maximum Gasteiger partial charge on any atom is 0.307 e. The van der Waals surface area contributed by atoms with Crippen LogP contribution in [0.3, 0.4) is 0 Å². The molecule has 1 aromatic heterocycles. The highest BCUT2D eigenvalue weighted by molar-refractivity contribution is 5.73. The molecule has 2 bridgehead atoms. The molecule has 11 nitrogen and oxygen atoms in total. The predicted octanol–water partition coefficient (Wildman–Crippen LogP) is 6.73. The zero-order valence-corrected chi connectivity index (χ0v) is 32.1. The fraction of sp³-hybridized carbons (Fsp3) is 0.846. The normalized spacial score (nSPS) is 42.1. The summed E-state index contributed by atoms with van der Waals surface area (Å²) in [7, 11) is 0. The first kappa shape index (κ1) is 37.1. The molecule has 0 aromatic carbocycles. The van der Waals surface area contributed by atoms with Crippen molar-refractivity contribution in [1.29, 1.82) is 0 Å². The van der Waals surface area contributed by atoms with Crippen molar-refractivity contribution >= 4 is 23.8 Å². The van der Waals surface area contributed by atoms with E-state index in [2.05, 4.69) is 88.9 Å². The van der Waals surface area contributed by atoms with E-state index in [1.54, 1.807) is 0 Å². The van der Waals surface area contributed by atoms with E-state index in [-0.39, 0.29) is 64.0 Å². The molecule has 0 spiro atoms. The number of aliphatic carboxylic acids is 1. The number of esters is 1. The maximum atomic E-state index is 13.4. The van der Waals surface area contributed by atoms with Gasteiger partial charge in [0.15, 0.2) is 0 Å². The molecule has 5 aliphatic rings. The lowest BCUT2D eigenvalue weighted by Gasteiger charge is -2.71. The van der Waals surface area contributed by atoms with Crippen molar-refractivity contribution < 1.29 is 28.9 Å². The molecule has 0 amide bonds. The van der Waals surface area contributed by atoms with Crippen LogP contribution in [0.2, 0.25) is 0 Å². The van der Waals surface area contributed by atoms with Crippen LogP contribution in [0, 0.1) is 62.6 Å². The average molecular weight is 698 g/mol. The minimum Gasteiger partial charge on any atom is -0.481 e. The fourth-order valence-electron chi connectivity index (χ4n) is 12.3. The zero-order valence-electron chi connectivity index (χ0n) is 32.1. The van der Waals surface area contributed by atoms with Crippen LogP contribution < -0.4 is 11.1 Å². The van der Waals surface area contributed by atoms with Gasteiger partial charge in [-0.3, -0.25) is 9.59 Å². The Labute approximate surface area is 298 Å². The van der Waals surface area contributed by atoms with Gasteiger partial charge >= 0.3 is 11.9 Å². The summed E-state index contributed by atoms with van der Waals surface area (Å²) < 4.78 is 19.7. The fourth-order valence-corrected chi connectivity index (χ4v) is 12.3. The molecule has 280 valence electrons. The largest absolute Gasteiger partial charge is 0.481 e. The highest BCUT2D eigenvalue weighted by atomic mass is 16.6. The molecule has 6 rings (SSSR count). The van der Waals surface area contributed by atoms with Gasteiger partial charge in [0.05, 0.1) is 31.8 Å². The van der Waals surface area contributed by atoms with Crippen molar-refractivity contribution in [3.05, 3.63) is 11.6 Å². The number of nitrogens with zero attached hydrogens (tertiary/aromatic N) is 2. The number of ether oxygens (including phenoxy) is 3. The molecule has 4 aliphatic carbocycles. The van der Waals surface area contributed by atoms with E-state index in [0.717, 1.165) is 32.1 Å². The number of allylic oxidation sites excluding steroid dienone is 1. The van der Waals surface area contributed by atoms with Crippen molar-refractivity contribution in [2.45, 2.75) is 126 Å². The number of nitrogens with one attached hydrogen (secondary N) is 2. The van der Waals surface area contributed by atoms with Gasteiger partial charge < -0.3 is 30.4 Å². The molecule has 50 heavy (non-hydrogen) atoms. The van der Waals surface area contributed by atoms with Crippen LogP contribution >= 0.6 is 0 Å². The van der Waals surface area contributed by atoms with E-state index >= 15 is 0 Å². The molecule has 1 aliphatic heterocycles. The number of hydrogen-bond acceptors (Lipinski definition) is 9. The van der Waals surface area contributed by atoms with Crippen molar-refractivity contribution in [2.24, 2.45) is 62.6 Å². The minimum absolute atomic E-state index is 0.102. The first-order chi connectivity index (χ1) is 23.3. The van der Waals surface area contributed by atoms with Gasteiger partial charge in [0.2, 0.25) is 11.9 Å². The molecule has 2 heterocycles. The Bertz CT molecular complexity index is 1490. The molecule has 3 saturated carbocycles. The number of rotatable bonds is 10. The molecule has 12 atom stereocenters. The van der Waals surface area contributed by atoms with Crippen molar-refractivity contribution in [3.8, 4) is 0 Å². The van der Waals surface area contributed by atoms with Crippen LogP contribution in [-0.2, 0) is 23.8 Å². The van der Waals surface area contributed by atoms with Gasteiger partial charge in [0.1, 0.15) is 12.2 Å². The number of carbonyl (C=O) groups excluding carboxylic acids is 1. The van der Waals surface area contributed by atoms with E-state index in [1.165, 1.54) is 12.5 Å². The monoisotopic (exact) mass is 697 g/mol. The topological polar surface area (TPSA) is 162 Å². The second-order valence-corrected chi connectivity index (χ2v) is 18.5. The molecule has 5 N–H and O–H groups in total. The highest BCUT2D eigenvalue weighted by Gasteiger charge is 2.72. The number of carboxylic acids is 1. The van der Waals surface area contributed by atoms with Crippen LogP contribution in [0.5, 0.6) is 0 Å². The molecule has 1 unspecified atom stereocenters. The molecule has 1 saturated heterocycles. The predicted molar refractivity (Wildman–Crippen MR) is 192 cm³/mol. The average Bonchev–Trinajstić information content (AvgIpc) is 3.43. The van der Waals surface area contributed by atoms with Gasteiger partial charge in [-0.05, 0) is 84.4 Å². The number of carboxylic acid groups (broad SMARTS) is 1. The third-order valence-electron chi connectivity index (χ3n) is 15.5. The van der Waals surface area contributed by atoms with Gasteiger partial charge in [0, 0.05) is 17.8 Å². The smallest absolute Gasteiger partial charge is 0.307 e. The van der Waals surface area contributed by atoms with Crippen LogP contribution in [-0.4, -0.2) is 70.3 Å². The molecule has 0 radical (unpaired) electrons. The Hall–Kier alpha value is -2.66. The number of fused-ring (bicyclic) bond motifs is 3. The summed E-state index contributed by atoms with van der Waals surface area (Å²) in [5.41, 5.74) is 5.62. The van der Waals surface area contributed by atoms with Gasteiger partial charge in [0.25, 0.3) is 0 Å². The lowest BCUT2D eigenvalue weighted by Crippen LogP contribution is -2.70. The Balaban J connectivity index is 1.35. The van der Waals surface area contributed by atoms with Crippen LogP contribution in [0.4, 0.5) is 11.9 Å². The van der Waals surface area contributed by atoms with Gasteiger partial charge in [-0.2, -0.15) is 4.98 Å². The summed E-state index contributed by atoms with van der Waals surface area (Å²) in [6.07, 6.45) is 6.90. The molecule has 11 heteroatoms. The van der Waals surface area contributed by atoms with Gasteiger partial charge in [-0.1, -0.05) is 74.0 Å². The molecule has 4 fully saturated rings. The molecule has 1 aromatic rings. The van der Waals surface area contributed by atoms with E-state index in [9.17, 15) is 14.7 Å². The minimum atomic E-state index is -0.654. The van der Waals surface area contributed by atoms with E-state index < -0.39 is 28.8 Å². The van der Waals surface area contributed by atoms with Crippen molar-refractivity contribution in [3.63, 3.8) is 0 Å². The summed E-state index contributed by atoms with van der Waals surface area (Å²) in [6, 6.07) is -0.102. The summed E-state index contributed by atoms with van der Waals surface area (Å²) in [5.74, 6) is 0.667. The summed E-state index contributed by atoms with van der Waals surface area (Å²) in [5, 5.41) is 21.2. The number of carbonyl (C=O) groups is 2. The lowest BCUT2D eigenvalue weighted by atomic mass is 9.34. The molecular formula is C39H63N5O6. The Morgan fingerprint density at radius 3 is 2.40 bits per heavy atom. The number of anilines is 2. The van der Waals surface area contributed by atoms with Crippen molar-refractivity contribution in [1.82, 2.24) is 15.2 Å². The lowest BCUT2D eigenvalue weighted by molar-refractivity contribution is -0.267. The first-order valence-corrected chi connectivity index (χ1v) is 19.1. The molecular weight excluding hydrogens is 634 g/mol. The van der Waals surface area contributed by atoms with E-state index in [1.807, 2.05) is 0 Å². The number of nitrogens with two attached hydrogens (primary N) is 1. The Morgan fingerprint density at radius 2 is 1.80 bits per heavy atom. The second-order valence-electron chi connectivity index (χ2n) is 18.5. The zero-order chi connectivity index (χ0) is 36.6. The third-order valence-corrected chi connectivity index (χ3v) is 15.5. The van der Waals surface area contributed by atoms with Crippen LogP contribution in [0.25, 0.3) is 0 Å². The maximum absolute atomic E-state index is 13.4. The summed E-state index contributed by atoms with van der Waals surface area (Å²) in [6.45, 7) is 23.1. The van der Waals surface area contributed by atoms with E-state index in [0.29, 0.717) is 38.1 Å². The number of nitrogen functional groups attached to an aromatic ring is 1. The second kappa shape index (κ2) is 12.8. The van der Waals surface area contributed by atoms with Crippen LogP contribution in [0.15, 0.2) is 11.6 Å². The van der Waals surface area contributed by atoms with E-state index in [4.69, 9.17) is 19.9 Å². The standard InChI is InChI=1S/C39H63N5O6/c1-21(2)23(5)35(7)15-16-37(9)25-11-12-29-36(8)19-48-20-39(29,26(25)13-14-38(37,10)30(35)32(46)47)17-28(50-24(6)45)31(36)49-18-27(22(3)4)41-34-42-33(40)43-44-34/h13,21-23,25,27-31H,11-12,14-20H2,1-10H3,(H,46,47)(H4,40,41,42,43,44)/t23-,25+,27?,28-,29+,30-,31+,35-,36-,37-,38+,39+/m1/s1. The Kier molecular flexibility index (Phi) is 9.48. The number of aromatic nitrogens is 3. The SMILES string of the molecule is CC(=O)O[C@@H]1C[C@@]23COC[C@](C)([C@@H]2CC[C@H]2C3=CC[C@@]3(C)[C@H](C(=O)O)[C@@](C)([C@H](C)C(C)C)CC[C@]23C)[C@H]1OCC(Nc1n[nH]c(N)n1)C(C)C. The number of hydrogen-bond donors (Lipinski definition) is 4. The summed E-state index contributed by atoms with van der Waals surface area (Å²) >= 11 is 0. The highest BCUT2D eigenvalue weighted by Crippen LogP contribution is 2.75. The first-order valence-electron chi connectivity index (χ1n) is 19.1. The van der Waals surface area contributed by atoms with Crippen LogP contribution in [0.1, 0.15) is 108 Å². The Morgan fingerprint density at radius 1 is 1.08 bits per heavy atom. The number of H-pyrrole nitrogens is 1. The number of aromatic amines is 1. The van der Waals surface area contributed by atoms with Gasteiger partial charge in [-0.25, -0.2) is 5.10 Å². The quantitative estimate of drug-likeness (QED) is 0.152.